The molecule has 0 radical (unpaired) electrons. The summed E-state index contributed by atoms with van der Waals surface area (Å²) in [5.41, 5.74) is 1.94. The summed E-state index contributed by atoms with van der Waals surface area (Å²) in [7, 11) is -3.41. The van der Waals surface area contributed by atoms with Gasteiger partial charge in [-0.3, -0.25) is 4.79 Å². The summed E-state index contributed by atoms with van der Waals surface area (Å²) in [6, 6.07) is 10.8. The molecule has 0 aliphatic heterocycles. The summed E-state index contributed by atoms with van der Waals surface area (Å²) in [6.07, 6.45) is 1.09. The van der Waals surface area contributed by atoms with Gasteiger partial charge >= 0.3 is 6.03 Å². The van der Waals surface area contributed by atoms with E-state index in [1.165, 1.54) is 12.1 Å². The molecule has 0 aliphatic rings. The van der Waals surface area contributed by atoms with Gasteiger partial charge in [0.05, 0.1) is 4.90 Å². The Morgan fingerprint density at radius 2 is 1.65 bits per heavy atom. The summed E-state index contributed by atoms with van der Waals surface area (Å²) in [6.45, 7) is 4.04. The Bertz CT molecular complexity index is 939. The number of sulfone groups is 1. The zero-order valence-corrected chi connectivity index (χ0v) is 15.6. The second kappa shape index (κ2) is 8.01. The van der Waals surface area contributed by atoms with E-state index in [2.05, 4.69) is 16.0 Å². The van der Waals surface area contributed by atoms with Crippen LogP contribution >= 0.6 is 0 Å². The van der Waals surface area contributed by atoms with Crippen molar-refractivity contribution in [2.24, 2.45) is 0 Å². The number of nitrogens with one attached hydrogen (secondary N) is 3. The van der Waals surface area contributed by atoms with Gasteiger partial charge in [0.2, 0.25) is 0 Å². The average molecular weight is 375 g/mol. The van der Waals surface area contributed by atoms with Crippen LogP contribution in [0.5, 0.6) is 0 Å². The van der Waals surface area contributed by atoms with Crippen LogP contribution in [-0.2, 0) is 9.84 Å². The normalized spacial score (nSPS) is 10.9. The summed E-state index contributed by atoms with van der Waals surface area (Å²) in [4.78, 5) is 24.2. The first-order valence-corrected chi connectivity index (χ1v) is 9.87. The lowest BCUT2D eigenvalue weighted by atomic mass is 10.1. The maximum atomic E-state index is 12.5. The molecule has 3 amide bonds. The van der Waals surface area contributed by atoms with Crippen LogP contribution in [0.1, 0.15) is 22.8 Å². The number of amides is 3. The highest BCUT2D eigenvalue weighted by atomic mass is 32.2. The monoisotopic (exact) mass is 375 g/mol. The molecule has 7 nitrogen and oxygen atoms in total. The fourth-order valence-corrected chi connectivity index (χ4v) is 2.93. The Morgan fingerprint density at radius 1 is 1.00 bits per heavy atom. The highest BCUT2D eigenvalue weighted by Crippen LogP contribution is 2.19. The Hall–Kier alpha value is -2.87. The first kappa shape index (κ1) is 19.5. The number of carbonyl (C=O) groups is 2. The van der Waals surface area contributed by atoms with Crippen molar-refractivity contribution in [1.82, 2.24) is 5.32 Å². The van der Waals surface area contributed by atoms with E-state index in [4.69, 9.17) is 0 Å². The number of hydrogen-bond donors (Lipinski definition) is 3. The van der Waals surface area contributed by atoms with Crippen LogP contribution in [0.25, 0.3) is 0 Å². The molecule has 2 aromatic carbocycles. The van der Waals surface area contributed by atoms with E-state index >= 15 is 0 Å². The van der Waals surface area contributed by atoms with Gasteiger partial charge in [-0.15, -0.1) is 0 Å². The average Bonchev–Trinajstić information content (AvgIpc) is 2.54. The molecule has 0 saturated carbocycles. The van der Waals surface area contributed by atoms with Crippen molar-refractivity contribution in [2.75, 3.05) is 23.4 Å². The second-order valence-electron chi connectivity index (χ2n) is 5.77. The fraction of sp³-hybridized carbons (Fsp3) is 0.222. The van der Waals surface area contributed by atoms with Crippen molar-refractivity contribution in [2.45, 2.75) is 18.7 Å². The quantitative estimate of drug-likeness (QED) is 0.747. The lowest BCUT2D eigenvalue weighted by Gasteiger charge is -2.11. The van der Waals surface area contributed by atoms with Crippen LogP contribution in [-0.4, -0.2) is 33.2 Å². The summed E-state index contributed by atoms with van der Waals surface area (Å²) < 4.78 is 23.4. The maximum Gasteiger partial charge on any atom is 0.319 e. The molecule has 2 aromatic rings. The Morgan fingerprint density at radius 3 is 2.27 bits per heavy atom. The van der Waals surface area contributed by atoms with Crippen molar-refractivity contribution in [3.05, 3.63) is 53.6 Å². The third-order valence-electron chi connectivity index (χ3n) is 3.60. The predicted octanol–water partition coefficient (Wildman–Crippen LogP) is 2.79. The molecule has 2 rings (SSSR count). The second-order valence-corrected chi connectivity index (χ2v) is 7.78. The topological polar surface area (TPSA) is 104 Å². The predicted molar refractivity (Wildman–Crippen MR) is 101 cm³/mol. The van der Waals surface area contributed by atoms with E-state index in [0.717, 1.165) is 6.26 Å². The molecular formula is C18H21N3O4S. The number of benzene rings is 2. The number of rotatable bonds is 5. The molecular weight excluding hydrogens is 354 g/mol. The minimum absolute atomic E-state index is 0.0832. The first-order chi connectivity index (χ1) is 12.2. The van der Waals surface area contributed by atoms with Crippen LogP contribution in [0.2, 0.25) is 0 Å². The smallest absolute Gasteiger partial charge is 0.319 e. The van der Waals surface area contributed by atoms with Crippen molar-refractivity contribution in [3.8, 4) is 0 Å². The van der Waals surface area contributed by atoms with Crippen LogP contribution < -0.4 is 16.0 Å². The van der Waals surface area contributed by atoms with E-state index in [9.17, 15) is 18.0 Å². The van der Waals surface area contributed by atoms with Crippen molar-refractivity contribution < 1.29 is 18.0 Å². The fourth-order valence-electron chi connectivity index (χ4n) is 2.29. The molecule has 0 aromatic heterocycles. The number of hydrogen-bond acceptors (Lipinski definition) is 4. The summed E-state index contributed by atoms with van der Waals surface area (Å²) in [5.74, 6) is -0.428. The number of aryl methyl sites for hydroxylation is 1. The van der Waals surface area contributed by atoms with Gasteiger partial charge in [-0.05, 0) is 49.7 Å². The standard InChI is InChI=1S/C18H21N3O4S/c1-4-19-18(23)21-14-7-5-6-13(10-14)20-17(22)16-11-15(26(3,24)25)9-8-12(16)2/h5-11H,4H2,1-3H3,(H,20,22)(H2,19,21,23). The van der Waals surface area contributed by atoms with Gasteiger partial charge < -0.3 is 16.0 Å². The van der Waals surface area contributed by atoms with E-state index in [1.54, 1.807) is 37.3 Å². The first-order valence-electron chi connectivity index (χ1n) is 7.97. The Kier molecular flexibility index (Phi) is 5.99. The van der Waals surface area contributed by atoms with Crippen LogP contribution in [0.4, 0.5) is 16.2 Å². The van der Waals surface area contributed by atoms with E-state index in [1.807, 2.05) is 6.92 Å². The minimum atomic E-state index is -3.41. The zero-order valence-electron chi connectivity index (χ0n) is 14.8. The number of anilines is 2. The molecule has 8 heteroatoms. The molecule has 0 saturated heterocycles. The lowest BCUT2D eigenvalue weighted by Crippen LogP contribution is -2.28. The van der Waals surface area contributed by atoms with Gasteiger partial charge in [-0.25, -0.2) is 13.2 Å². The van der Waals surface area contributed by atoms with E-state index < -0.39 is 15.7 Å². The van der Waals surface area contributed by atoms with Crippen LogP contribution in [0, 0.1) is 6.92 Å². The molecule has 26 heavy (non-hydrogen) atoms. The van der Waals surface area contributed by atoms with Crippen molar-refractivity contribution in [3.63, 3.8) is 0 Å². The highest BCUT2D eigenvalue weighted by molar-refractivity contribution is 7.90. The van der Waals surface area contributed by atoms with Crippen LogP contribution in [0.3, 0.4) is 0 Å². The van der Waals surface area contributed by atoms with Crippen molar-refractivity contribution >= 4 is 33.2 Å². The van der Waals surface area contributed by atoms with Crippen molar-refractivity contribution in [1.29, 1.82) is 0 Å². The van der Waals surface area contributed by atoms with E-state index in [0.29, 0.717) is 23.5 Å². The molecule has 3 N–H and O–H groups in total. The molecule has 0 atom stereocenters. The summed E-state index contributed by atoms with van der Waals surface area (Å²) in [5, 5.41) is 7.99. The van der Waals surface area contributed by atoms with Gasteiger partial charge in [0.25, 0.3) is 5.91 Å². The van der Waals surface area contributed by atoms with E-state index in [-0.39, 0.29) is 16.5 Å². The molecule has 0 fully saturated rings. The maximum absolute atomic E-state index is 12.5. The lowest BCUT2D eigenvalue weighted by molar-refractivity contribution is 0.102. The molecule has 0 bridgehead atoms. The minimum Gasteiger partial charge on any atom is -0.338 e. The number of urea groups is 1. The molecule has 138 valence electrons. The third-order valence-corrected chi connectivity index (χ3v) is 4.71. The third kappa shape index (κ3) is 5.06. The Balaban J connectivity index is 2.21. The Labute approximate surface area is 152 Å². The van der Waals surface area contributed by atoms with Gasteiger partial charge in [0, 0.05) is 29.7 Å². The molecule has 0 unspecified atom stereocenters. The number of carbonyl (C=O) groups excluding carboxylic acids is 2. The van der Waals surface area contributed by atoms with Crippen LogP contribution in [0.15, 0.2) is 47.4 Å². The van der Waals surface area contributed by atoms with Gasteiger partial charge in [0.15, 0.2) is 9.84 Å². The van der Waals surface area contributed by atoms with Gasteiger partial charge in [-0.2, -0.15) is 0 Å². The van der Waals surface area contributed by atoms with Gasteiger partial charge in [0.1, 0.15) is 0 Å². The molecule has 0 heterocycles. The largest absolute Gasteiger partial charge is 0.338 e. The molecule has 0 aliphatic carbocycles. The highest BCUT2D eigenvalue weighted by Gasteiger charge is 2.15. The summed E-state index contributed by atoms with van der Waals surface area (Å²) >= 11 is 0. The zero-order chi connectivity index (χ0) is 19.3. The SMILES string of the molecule is CCNC(=O)Nc1cccc(NC(=O)c2cc(S(C)(=O)=O)ccc2C)c1. The van der Waals surface area contributed by atoms with Gasteiger partial charge in [-0.1, -0.05) is 12.1 Å². The molecule has 0 spiro atoms.